The summed E-state index contributed by atoms with van der Waals surface area (Å²) in [5.74, 6) is -0.818. The van der Waals surface area contributed by atoms with E-state index in [1.54, 1.807) is 19.1 Å². The first-order valence-electron chi connectivity index (χ1n) is 7.40. The molecule has 0 aliphatic heterocycles. The standard InChI is InChI=1S/C17H17F2NO2S/c1-12-10-15(19)6-9-17(12)23(21,22)20(16-7-8-16)11-13-2-4-14(18)5-3-13/h2-6,9-10,16H,7-8,11H2,1H3. The van der Waals surface area contributed by atoms with Crippen molar-refractivity contribution < 1.29 is 17.2 Å². The number of sulfonamides is 1. The molecule has 0 bridgehead atoms. The molecule has 0 spiro atoms. The van der Waals surface area contributed by atoms with E-state index in [2.05, 4.69) is 0 Å². The molecule has 3 nitrogen and oxygen atoms in total. The fourth-order valence-corrected chi connectivity index (χ4v) is 4.45. The summed E-state index contributed by atoms with van der Waals surface area (Å²) in [4.78, 5) is 0.118. The Labute approximate surface area is 134 Å². The molecule has 1 aliphatic carbocycles. The minimum atomic E-state index is -3.72. The summed E-state index contributed by atoms with van der Waals surface area (Å²) in [6.45, 7) is 1.77. The summed E-state index contributed by atoms with van der Waals surface area (Å²) < 4.78 is 53.6. The van der Waals surface area contributed by atoms with E-state index in [4.69, 9.17) is 0 Å². The molecule has 1 fully saturated rings. The zero-order valence-corrected chi connectivity index (χ0v) is 13.5. The molecule has 0 heterocycles. The van der Waals surface area contributed by atoms with Crippen molar-refractivity contribution in [1.29, 1.82) is 0 Å². The Bertz CT molecular complexity index is 815. The van der Waals surface area contributed by atoms with Gasteiger partial charge in [0.25, 0.3) is 0 Å². The van der Waals surface area contributed by atoms with Gasteiger partial charge in [-0.05, 0) is 61.2 Å². The second kappa shape index (κ2) is 6.02. The van der Waals surface area contributed by atoms with Crippen LogP contribution in [0.15, 0.2) is 47.4 Å². The van der Waals surface area contributed by atoms with Crippen LogP contribution in [0.2, 0.25) is 0 Å². The average molecular weight is 337 g/mol. The molecule has 0 atom stereocenters. The van der Waals surface area contributed by atoms with E-state index in [-0.39, 0.29) is 23.3 Å². The van der Waals surface area contributed by atoms with Crippen molar-refractivity contribution in [3.63, 3.8) is 0 Å². The molecule has 0 N–H and O–H groups in total. The third-order valence-corrected chi connectivity index (χ3v) is 5.99. The molecule has 2 aromatic carbocycles. The predicted octanol–water partition coefficient (Wildman–Crippen LogP) is 3.63. The van der Waals surface area contributed by atoms with E-state index in [1.807, 2.05) is 0 Å². The molecule has 122 valence electrons. The first-order valence-corrected chi connectivity index (χ1v) is 8.84. The van der Waals surface area contributed by atoms with Gasteiger partial charge in [-0.1, -0.05) is 12.1 Å². The Balaban J connectivity index is 1.95. The van der Waals surface area contributed by atoms with Crippen LogP contribution in [0.4, 0.5) is 8.78 Å². The molecule has 0 saturated heterocycles. The van der Waals surface area contributed by atoms with Crippen LogP contribution in [0.1, 0.15) is 24.0 Å². The van der Waals surface area contributed by atoms with Gasteiger partial charge in [0, 0.05) is 12.6 Å². The van der Waals surface area contributed by atoms with Gasteiger partial charge in [0.05, 0.1) is 4.90 Å². The summed E-state index contributed by atoms with van der Waals surface area (Å²) in [6, 6.07) is 9.43. The fraction of sp³-hybridized carbons (Fsp3) is 0.294. The Morgan fingerprint density at radius 2 is 1.65 bits per heavy atom. The number of nitrogens with zero attached hydrogens (tertiary/aromatic N) is 1. The number of hydrogen-bond donors (Lipinski definition) is 0. The van der Waals surface area contributed by atoms with Crippen molar-refractivity contribution >= 4 is 10.0 Å². The van der Waals surface area contributed by atoms with Crippen LogP contribution in [-0.4, -0.2) is 18.8 Å². The molecule has 23 heavy (non-hydrogen) atoms. The fourth-order valence-electron chi connectivity index (χ4n) is 2.57. The number of halogens is 2. The van der Waals surface area contributed by atoms with Gasteiger partial charge in [0.15, 0.2) is 0 Å². The normalized spacial score (nSPS) is 15.1. The Morgan fingerprint density at radius 3 is 2.22 bits per heavy atom. The van der Waals surface area contributed by atoms with Gasteiger partial charge in [-0.3, -0.25) is 0 Å². The summed E-state index contributed by atoms with van der Waals surface area (Å²) >= 11 is 0. The quantitative estimate of drug-likeness (QED) is 0.835. The van der Waals surface area contributed by atoms with Crippen molar-refractivity contribution in [1.82, 2.24) is 4.31 Å². The lowest BCUT2D eigenvalue weighted by molar-refractivity contribution is 0.398. The minimum Gasteiger partial charge on any atom is -0.207 e. The van der Waals surface area contributed by atoms with Crippen molar-refractivity contribution in [2.75, 3.05) is 0 Å². The lowest BCUT2D eigenvalue weighted by Gasteiger charge is -2.23. The molecular weight excluding hydrogens is 320 g/mol. The number of hydrogen-bond acceptors (Lipinski definition) is 2. The third kappa shape index (κ3) is 3.43. The highest BCUT2D eigenvalue weighted by Crippen LogP contribution is 2.34. The summed E-state index contributed by atoms with van der Waals surface area (Å²) in [5, 5.41) is 0. The van der Waals surface area contributed by atoms with Crippen LogP contribution in [0, 0.1) is 18.6 Å². The first-order chi connectivity index (χ1) is 10.9. The van der Waals surface area contributed by atoms with E-state index < -0.39 is 15.8 Å². The molecule has 3 rings (SSSR count). The van der Waals surface area contributed by atoms with Crippen LogP contribution in [-0.2, 0) is 16.6 Å². The van der Waals surface area contributed by atoms with Crippen molar-refractivity contribution in [2.24, 2.45) is 0 Å². The average Bonchev–Trinajstić information content (AvgIpc) is 3.30. The summed E-state index contributed by atoms with van der Waals surface area (Å²) in [6.07, 6.45) is 1.61. The predicted molar refractivity (Wildman–Crippen MR) is 83.3 cm³/mol. The molecule has 1 saturated carbocycles. The molecule has 0 radical (unpaired) electrons. The maximum absolute atomic E-state index is 13.2. The van der Waals surface area contributed by atoms with E-state index in [0.717, 1.165) is 24.5 Å². The van der Waals surface area contributed by atoms with Gasteiger partial charge in [0.2, 0.25) is 10.0 Å². The van der Waals surface area contributed by atoms with E-state index in [1.165, 1.54) is 28.6 Å². The largest absolute Gasteiger partial charge is 0.243 e. The lowest BCUT2D eigenvalue weighted by Crippen LogP contribution is -2.33. The Hall–Kier alpha value is -1.79. The van der Waals surface area contributed by atoms with Crippen LogP contribution in [0.5, 0.6) is 0 Å². The highest BCUT2D eigenvalue weighted by molar-refractivity contribution is 7.89. The van der Waals surface area contributed by atoms with E-state index >= 15 is 0 Å². The van der Waals surface area contributed by atoms with Crippen molar-refractivity contribution in [2.45, 2.75) is 37.2 Å². The van der Waals surface area contributed by atoms with E-state index in [0.29, 0.717) is 5.56 Å². The molecular formula is C17H17F2NO2S. The van der Waals surface area contributed by atoms with Gasteiger partial charge >= 0.3 is 0 Å². The third-order valence-electron chi connectivity index (χ3n) is 3.93. The second-order valence-corrected chi connectivity index (χ2v) is 7.68. The first kappa shape index (κ1) is 16.1. The van der Waals surface area contributed by atoms with Crippen LogP contribution in [0.25, 0.3) is 0 Å². The maximum Gasteiger partial charge on any atom is 0.243 e. The summed E-state index contributed by atoms with van der Waals surface area (Å²) in [7, 11) is -3.72. The number of aryl methyl sites for hydroxylation is 1. The zero-order valence-electron chi connectivity index (χ0n) is 12.7. The van der Waals surface area contributed by atoms with Gasteiger partial charge in [-0.25, -0.2) is 17.2 Å². The maximum atomic E-state index is 13.2. The van der Waals surface area contributed by atoms with Crippen molar-refractivity contribution in [3.05, 3.63) is 65.2 Å². The van der Waals surface area contributed by atoms with Gasteiger partial charge < -0.3 is 0 Å². The zero-order chi connectivity index (χ0) is 16.6. The molecule has 2 aromatic rings. The monoisotopic (exact) mass is 337 g/mol. The van der Waals surface area contributed by atoms with Gasteiger partial charge in [0.1, 0.15) is 11.6 Å². The van der Waals surface area contributed by atoms with Crippen molar-refractivity contribution in [3.8, 4) is 0 Å². The van der Waals surface area contributed by atoms with Gasteiger partial charge in [-0.15, -0.1) is 0 Å². The number of rotatable bonds is 5. The SMILES string of the molecule is Cc1cc(F)ccc1S(=O)(=O)N(Cc1ccc(F)cc1)C1CC1. The summed E-state index contributed by atoms with van der Waals surface area (Å²) in [5.41, 5.74) is 1.11. The molecule has 0 aromatic heterocycles. The smallest absolute Gasteiger partial charge is 0.207 e. The highest BCUT2D eigenvalue weighted by atomic mass is 32.2. The van der Waals surface area contributed by atoms with Crippen LogP contribution < -0.4 is 0 Å². The highest BCUT2D eigenvalue weighted by Gasteiger charge is 2.38. The molecule has 6 heteroatoms. The Kier molecular flexibility index (Phi) is 4.21. The lowest BCUT2D eigenvalue weighted by atomic mass is 10.2. The number of benzene rings is 2. The van der Waals surface area contributed by atoms with Crippen LogP contribution in [0.3, 0.4) is 0 Å². The minimum absolute atomic E-state index is 0.0468. The molecule has 1 aliphatic rings. The molecule has 0 amide bonds. The van der Waals surface area contributed by atoms with Gasteiger partial charge in [-0.2, -0.15) is 4.31 Å². The molecule has 0 unspecified atom stereocenters. The van der Waals surface area contributed by atoms with E-state index in [9.17, 15) is 17.2 Å². The van der Waals surface area contributed by atoms with Crippen LogP contribution >= 0.6 is 0 Å². The topological polar surface area (TPSA) is 37.4 Å². The Morgan fingerprint density at radius 1 is 1.04 bits per heavy atom. The second-order valence-electron chi connectivity index (χ2n) is 5.82.